The Morgan fingerprint density at radius 2 is 2.31 bits per heavy atom. The molecule has 16 heavy (non-hydrogen) atoms. The van der Waals surface area contributed by atoms with Crippen LogP contribution in [0.1, 0.15) is 18.5 Å². The summed E-state index contributed by atoms with van der Waals surface area (Å²) < 4.78 is 4.64. The van der Waals surface area contributed by atoms with Crippen molar-refractivity contribution in [2.24, 2.45) is 0 Å². The van der Waals surface area contributed by atoms with Gasteiger partial charge < -0.3 is 9.84 Å². The van der Waals surface area contributed by atoms with E-state index in [1.807, 2.05) is 0 Å². The Hall–Kier alpha value is -1.69. The Morgan fingerprint density at radius 1 is 1.62 bits per heavy atom. The zero-order valence-corrected chi connectivity index (χ0v) is 9.14. The monoisotopic (exact) mass is 244 g/mol. The number of carbonyl (C=O) groups excluding carboxylic acids is 1. The first-order valence-corrected chi connectivity index (χ1v) is 4.80. The van der Waals surface area contributed by atoms with Crippen molar-refractivity contribution in [1.29, 1.82) is 0 Å². The summed E-state index contributed by atoms with van der Waals surface area (Å²) in [6.45, 7) is 1.67. The molecule has 0 saturated carbocycles. The maximum atomic E-state index is 11.4. The first-order valence-electron chi connectivity index (χ1n) is 4.42. The smallest absolute Gasteiger partial charge is 0.326 e. The van der Waals surface area contributed by atoms with E-state index in [-0.39, 0.29) is 17.3 Å². The van der Waals surface area contributed by atoms with E-state index in [4.69, 9.17) is 16.7 Å². The van der Waals surface area contributed by atoms with Gasteiger partial charge in [-0.25, -0.2) is 9.97 Å². The molecule has 0 saturated heterocycles. The molecule has 1 rings (SSSR count). The van der Waals surface area contributed by atoms with Gasteiger partial charge >= 0.3 is 11.9 Å². The molecular weight excluding hydrogens is 236 g/mol. The Kier molecular flexibility index (Phi) is 4.19. The fourth-order valence-corrected chi connectivity index (χ4v) is 1.30. The van der Waals surface area contributed by atoms with Gasteiger partial charge in [-0.15, -0.1) is 0 Å². The first kappa shape index (κ1) is 12.4. The number of nitrogens with zero attached hydrogens (tertiary/aromatic N) is 2. The van der Waals surface area contributed by atoms with E-state index >= 15 is 0 Å². The second-order valence-electron chi connectivity index (χ2n) is 2.78. The van der Waals surface area contributed by atoms with Crippen LogP contribution in [0.25, 0.3) is 0 Å². The Balaban J connectivity index is 3.08. The van der Waals surface area contributed by atoms with Crippen LogP contribution in [-0.4, -0.2) is 33.6 Å². The molecular formula is C9H9ClN2O4. The van der Waals surface area contributed by atoms with Crippen molar-refractivity contribution in [2.45, 2.75) is 12.8 Å². The predicted octanol–water partition coefficient (Wildman–Crippen LogP) is 0.861. The highest BCUT2D eigenvalue weighted by Gasteiger charge is 2.32. The SMILES string of the molecule is CCOC(=O)C(C(=O)O)c1ncncc1Cl. The molecule has 0 aliphatic carbocycles. The highest BCUT2D eigenvalue weighted by molar-refractivity contribution is 6.31. The minimum atomic E-state index is -1.52. The van der Waals surface area contributed by atoms with Gasteiger partial charge in [0.05, 0.1) is 17.3 Å². The third kappa shape index (κ3) is 2.66. The van der Waals surface area contributed by atoms with E-state index in [1.165, 1.54) is 6.20 Å². The summed E-state index contributed by atoms with van der Waals surface area (Å²) in [6.07, 6.45) is 2.34. The van der Waals surface area contributed by atoms with Crippen LogP contribution in [0.4, 0.5) is 0 Å². The van der Waals surface area contributed by atoms with Crippen LogP contribution >= 0.6 is 11.6 Å². The van der Waals surface area contributed by atoms with Crippen molar-refractivity contribution < 1.29 is 19.4 Å². The molecule has 0 fully saturated rings. The van der Waals surface area contributed by atoms with Gasteiger partial charge in [0.1, 0.15) is 6.33 Å². The standard InChI is InChI=1S/C9H9ClN2O4/c1-2-16-9(15)6(8(13)14)7-5(10)3-11-4-12-7/h3-4,6H,2H2,1H3,(H,13,14). The minimum absolute atomic E-state index is 0.0166. The summed E-state index contributed by atoms with van der Waals surface area (Å²) in [5.41, 5.74) is -0.0670. The summed E-state index contributed by atoms with van der Waals surface area (Å²) in [7, 11) is 0. The summed E-state index contributed by atoms with van der Waals surface area (Å²) in [6, 6.07) is 0. The highest BCUT2D eigenvalue weighted by atomic mass is 35.5. The number of hydrogen-bond acceptors (Lipinski definition) is 5. The normalized spacial score (nSPS) is 11.9. The molecule has 0 aliphatic rings. The minimum Gasteiger partial charge on any atom is -0.480 e. The summed E-state index contributed by atoms with van der Waals surface area (Å²) >= 11 is 5.71. The van der Waals surface area contributed by atoms with Crippen LogP contribution < -0.4 is 0 Å². The second-order valence-corrected chi connectivity index (χ2v) is 3.19. The number of carboxylic acid groups (broad SMARTS) is 1. The van der Waals surface area contributed by atoms with Gasteiger partial charge in [0.25, 0.3) is 0 Å². The summed E-state index contributed by atoms with van der Waals surface area (Å²) in [5.74, 6) is -3.77. The molecule has 86 valence electrons. The molecule has 6 nitrogen and oxygen atoms in total. The number of aliphatic carboxylic acids is 1. The van der Waals surface area contributed by atoms with Crippen LogP contribution in [0.5, 0.6) is 0 Å². The quantitative estimate of drug-likeness (QED) is 0.624. The van der Waals surface area contributed by atoms with E-state index in [0.29, 0.717) is 0 Å². The van der Waals surface area contributed by atoms with Gasteiger partial charge in [-0.3, -0.25) is 9.59 Å². The van der Waals surface area contributed by atoms with Crippen molar-refractivity contribution in [3.63, 3.8) is 0 Å². The largest absolute Gasteiger partial charge is 0.480 e. The van der Waals surface area contributed by atoms with E-state index in [0.717, 1.165) is 6.33 Å². The lowest BCUT2D eigenvalue weighted by molar-refractivity contribution is -0.153. The lowest BCUT2D eigenvalue weighted by Gasteiger charge is -2.11. The molecule has 0 aliphatic heterocycles. The molecule has 1 heterocycles. The van der Waals surface area contributed by atoms with Gasteiger partial charge in [-0.2, -0.15) is 0 Å². The number of ether oxygens (including phenoxy) is 1. The zero-order chi connectivity index (χ0) is 12.1. The molecule has 7 heteroatoms. The second kappa shape index (κ2) is 5.41. The molecule has 0 amide bonds. The molecule has 1 aromatic heterocycles. The van der Waals surface area contributed by atoms with Crippen LogP contribution in [-0.2, 0) is 14.3 Å². The third-order valence-electron chi connectivity index (χ3n) is 1.74. The number of carbonyl (C=O) groups is 2. The highest BCUT2D eigenvalue weighted by Crippen LogP contribution is 2.22. The molecule has 1 N–H and O–H groups in total. The number of aromatic nitrogens is 2. The Morgan fingerprint density at radius 3 is 2.81 bits per heavy atom. The van der Waals surface area contributed by atoms with Crippen LogP contribution in [0, 0.1) is 0 Å². The first-order chi connectivity index (χ1) is 7.57. The number of esters is 1. The average molecular weight is 245 g/mol. The fourth-order valence-electron chi connectivity index (χ4n) is 1.09. The Bertz CT molecular complexity index is 410. The van der Waals surface area contributed by atoms with Crippen molar-refractivity contribution in [3.05, 3.63) is 23.2 Å². The van der Waals surface area contributed by atoms with E-state index in [9.17, 15) is 9.59 Å². The molecule has 0 spiro atoms. The summed E-state index contributed by atoms with van der Waals surface area (Å²) in [5, 5.41) is 8.94. The average Bonchev–Trinajstić information content (AvgIpc) is 2.21. The number of hydrogen-bond donors (Lipinski definition) is 1. The van der Waals surface area contributed by atoms with Crippen LogP contribution in [0.2, 0.25) is 5.02 Å². The van der Waals surface area contributed by atoms with Crippen LogP contribution in [0.15, 0.2) is 12.5 Å². The molecule has 0 radical (unpaired) electrons. The summed E-state index contributed by atoms with van der Waals surface area (Å²) in [4.78, 5) is 29.6. The topological polar surface area (TPSA) is 89.4 Å². The molecule has 1 aromatic rings. The third-order valence-corrected chi connectivity index (χ3v) is 2.03. The van der Waals surface area contributed by atoms with E-state index in [1.54, 1.807) is 6.92 Å². The van der Waals surface area contributed by atoms with Crippen LogP contribution in [0.3, 0.4) is 0 Å². The van der Waals surface area contributed by atoms with E-state index in [2.05, 4.69) is 14.7 Å². The molecule has 0 bridgehead atoms. The zero-order valence-electron chi connectivity index (χ0n) is 8.38. The molecule has 1 atom stereocenters. The number of halogens is 1. The molecule has 0 aromatic carbocycles. The molecule has 1 unspecified atom stereocenters. The van der Waals surface area contributed by atoms with Crippen molar-refractivity contribution in [2.75, 3.05) is 6.61 Å². The van der Waals surface area contributed by atoms with Gasteiger partial charge in [-0.1, -0.05) is 11.6 Å². The van der Waals surface area contributed by atoms with Gasteiger partial charge in [0.15, 0.2) is 5.92 Å². The van der Waals surface area contributed by atoms with Gasteiger partial charge in [0, 0.05) is 6.20 Å². The number of carboxylic acids is 1. The van der Waals surface area contributed by atoms with E-state index < -0.39 is 17.9 Å². The lowest BCUT2D eigenvalue weighted by atomic mass is 10.1. The van der Waals surface area contributed by atoms with Crippen molar-refractivity contribution in [3.8, 4) is 0 Å². The Labute approximate surface area is 96.2 Å². The predicted molar refractivity (Wildman–Crippen MR) is 54.1 cm³/mol. The maximum absolute atomic E-state index is 11.4. The van der Waals surface area contributed by atoms with Crippen molar-refractivity contribution in [1.82, 2.24) is 9.97 Å². The maximum Gasteiger partial charge on any atom is 0.326 e. The van der Waals surface area contributed by atoms with Gasteiger partial charge in [0.2, 0.25) is 0 Å². The van der Waals surface area contributed by atoms with Crippen molar-refractivity contribution >= 4 is 23.5 Å². The fraction of sp³-hybridized carbons (Fsp3) is 0.333. The lowest BCUT2D eigenvalue weighted by Crippen LogP contribution is -2.25. The number of rotatable bonds is 4. The van der Waals surface area contributed by atoms with Gasteiger partial charge in [-0.05, 0) is 6.92 Å².